The lowest BCUT2D eigenvalue weighted by Crippen LogP contribution is -2.42. The number of amides is 1. The second kappa shape index (κ2) is 5.59. The predicted octanol–water partition coefficient (Wildman–Crippen LogP) is 2.74. The number of hydrogen-bond acceptors (Lipinski definition) is 2. The molecule has 22 heavy (non-hydrogen) atoms. The number of benzene rings is 1. The smallest absolute Gasteiger partial charge is 0.230 e. The highest BCUT2D eigenvalue weighted by Gasteiger charge is 2.51. The van der Waals surface area contributed by atoms with Crippen molar-refractivity contribution in [1.29, 1.82) is 0 Å². The minimum Gasteiger partial charge on any atom is -0.351 e. The Balaban J connectivity index is 1.71. The normalized spacial score (nSPS) is 17.0. The van der Waals surface area contributed by atoms with Gasteiger partial charge in [0.2, 0.25) is 5.91 Å². The summed E-state index contributed by atoms with van der Waals surface area (Å²) in [5.41, 5.74) is 3.29. The Bertz CT molecular complexity index is 651. The monoisotopic (exact) mass is 297 g/mol. The van der Waals surface area contributed by atoms with Crippen LogP contribution in [0.5, 0.6) is 0 Å². The van der Waals surface area contributed by atoms with Crippen LogP contribution in [0.4, 0.5) is 0 Å². The van der Waals surface area contributed by atoms with E-state index in [1.165, 1.54) is 11.1 Å². The summed E-state index contributed by atoms with van der Waals surface area (Å²) in [5.74, 6) is 0.150. The second-order valence-electron chi connectivity index (χ2n) is 6.56. The Morgan fingerprint density at radius 1 is 1.32 bits per heavy atom. The molecule has 1 saturated carbocycles. The maximum absolute atomic E-state index is 12.7. The fraction of sp³-hybridized carbons (Fsp3) is 0.444. The Morgan fingerprint density at radius 3 is 2.55 bits per heavy atom. The molecule has 0 spiro atoms. The van der Waals surface area contributed by atoms with Crippen molar-refractivity contribution in [2.75, 3.05) is 0 Å². The number of nitrogens with one attached hydrogen (secondary N) is 1. The molecule has 4 nitrogen and oxygen atoms in total. The van der Waals surface area contributed by atoms with Crippen LogP contribution >= 0.6 is 0 Å². The first kappa shape index (κ1) is 14.8. The molecule has 2 aromatic rings. The van der Waals surface area contributed by atoms with Crippen LogP contribution in [0.25, 0.3) is 0 Å². The van der Waals surface area contributed by atoms with E-state index in [1.807, 2.05) is 23.9 Å². The van der Waals surface area contributed by atoms with E-state index < -0.39 is 0 Å². The van der Waals surface area contributed by atoms with Crippen molar-refractivity contribution in [1.82, 2.24) is 15.1 Å². The molecule has 0 bridgehead atoms. The van der Waals surface area contributed by atoms with Crippen LogP contribution in [0.3, 0.4) is 0 Å². The first-order valence-electron chi connectivity index (χ1n) is 7.87. The van der Waals surface area contributed by atoms with Crippen LogP contribution < -0.4 is 5.32 Å². The molecule has 1 fully saturated rings. The molecule has 1 unspecified atom stereocenters. The van der Waals surface area contributed by atoms with Crippen molar-refractivity contribution in [3.05, 3.63) is 53.3 Å². The van der Waals surface area contributed by atoms with Gasteiger partial charge >= 0.3 is 0 Å². The van der Waals surface area contributed by atoms with Crippen molar-refractivity contribution in [3.63, 3.8) is 0 Å². The predicted molar refractivity (Wildman–Crippen MR) is 86.7 cm³/mol. The SMILES string of the molecule is Cc1cc(C)cc(C2(C(=O)NC(C)Cn3cccn3)CC2)c1. The Kier molecular flexibility index (Phi) is 3.77. The molecule has 0 aliphatic heterocycles. The number of hydrogen-bond donors (Lipinski definition) is 1. The summed E-state index contributed by atoms with van der Waals surface area (Å²) in [4.78, 5) is 12.7. The third-order valence-corrected chi connectivity index (χ3v) is 4.36. The van der Waals surface area contributed by atoms with Gasteiger partial charge in [0, 0.05) is 18.4 Å². The van der Waals surface area contributed by atoms with Crippen molar-refractivity contribution >= 4 is 5.91 Å². The van der Waals surface area contributed by atoms with Gasteiger partial charge < -0.3 is 5.32 Å². The minimum atomic E-state index is -0.310. The molecule has 1 aliphatic rings. The van der Waals surface area contributed by atoms with Crippen molar-refractivity contribution in [2.24, 2.45) is 0 Å². The van der Waals surface area contributed by atoms with Gasteiger partial charge in [-0.25, -0.2) is 0 Å². The van der Waals surface area contributed by atoms with Gasteiger partial charge in [0.25, 0.3) is 0 Å². The molecule has 1 aromatic carbocycles. The first-order valence-corrected chi connectivity index (χ1v) is 7.87. The van der Waals surface area contributed by atoms with Gasteiger partial charge in [-0.05, 0) is 45.2 Å². The Hall–Kier alpha value is -2.10. The van der Waals surface area contributed by atoms with Gasteiger partial charge in [0.15, 0.2) is 0 Å². The van der Waals surface area contributed by atoms with E-state index in [9.17, 15) is 4.79 Å². The van der Waals surface area contributed by atoms with Crippen LogP contribution in [0, 0.1) is 13.8 Å². The highest BCUT2D eigenvalue weighted by Crippen LogP contribution is 2.48. The van der Waals surface area contributed by atoms with Gasteiger partial charge in [0.05, 0.1) is 12.0 Å². The van der Waals surface area contributed by atoms with E-state index in [0.29, 0.717) is 6.54 Å². The van der Waals surface area contributed by atoms with Gasteiger partial charge in [-0.15, -0.1) is 0 Å². The van der Waals surface area contributed by atoms with E-state index >= 15 is 0 Å². The van der Waals surface area contributed by atoms with Crippen molar-refractivity contribution < 1.29 is 4.79 Å². The largest absolute Gasteiger partial charge is 0.351 e. The van der Waals surface area contributed by atoms with E-state index in [0.717, 1.165) is 18.4 Å². The molecular formula is C18H23N3O. The van der Waals surface area contributed by atoms with Crippen LogP contribution in [-0.4, -0.2) is 21.7 Å². The average molecular weight is 297 g/mol. The van der Waals surface area contributed by atoms with E-state index in [-0.39, 0.29) is 17.4 Å². The first-order chi connectivity index (χ1) is 10.5. The molecule has 1 N–H and O–H groups in total. The second-order valence-corrected chi connectivity index (χ2v) is 6.56. The summed E-state index contributed by atoms with van der Waals surface area (Å²) < 4.78 is 1.85. The van der Waals surface area contributed by atoms with Gasteiger partial charge in [-0.3, -0.25) is 9.48 Å². The van der Waals surface area contributed by atoms with Crippen LogP contribution in [0.15, 0.2) is 36.7 Å². The van der Waals surface area contributed by atoms with Gasteiger partial charge in [-0.1, -0.05) is 29.3 Å². The number of nitrogens with zero attached hydrogens (tertiary/aromatic N) is 2. The van der Waals surface area contributed by atoms with E-state index in [4.69, 9.17) is 0 Å². The number of carbonyl (C=O) groups is 1. The fourth-order valence-electron chi connectivity index (χ4n) is 3.12. The Labute approximate surface area is 131 Å². The molecule has 1 amide bonds. The lowest BCUT2D eigenvalue weighted by molar-refractivity contribution is -0.124. The minimum absolute atomic E-state index is 0.0655. The maximum atomic E-state index is 12.7. The fourth-order valence-corrected chi connectivity index (χ4v) is 3.12. The molecule has 1 aliphatic carbocycles. The quantitative estimate of drug-likeness (QED) is 0.922. The zero-order valence-corrected chi connectivity index (χ0v) is 13.5. The van der Waals surface area contributed by atoms with Crippen molar-refractivity contribution in [2.45, 2.75) is 51.6 Å². The summed E-state index contributed by atoms with van der Waals surface area (Å²) in [6.07, 6.45) is 5.55. The van der Waals surface area contributed by atoms with Crippen LogP contribution in [-0.2, 0) is 16.8 Å². The molecule has 1 heterocycles. The molecule has 0 radical (unpaired) electrons. The van der Waals surface area contributed by atoms with Gasteiger partial charge in [0.1, 0.15) is 0 Å². The van der Waals surface area contributed by atoms with Gasteiger partial charge in [-0.2, -0.15) is 5.10 Å². The lowest BCUT2D eigenvalue weighted by atomic mass is 9.91. The lowest BCUT2D eigenvalue weighted by Gasteiger charge is -2.21. The third kappa shape index (κ3) is 2.91. The molecule has 116 valence electrons. The highest BCUT2D eigenvalue weighted by atomic mass is 16.2. The molecule has 1 atom stereocenters. The number of carbonyl (C=O) groups excluding carboxylic acids is 1. The van der Waals surface area contributed by atoms with E-state index in [1.54, 1.807) is 6.20 Å². The standard InChI is InChI=1S/C18H23N3O/c1-13-9-14(2)11-16(10-13)18(5-6-18)17(22)20-15(3)12-21-8-4-7-19-21/h4,7-11,15H,5-6,12H2,1-3H3,(H,20,22). The average Bonchev–Trinajstić information content (AvgIpc) is 3.11. The summed E-state index contributed by atoms with van der Waals surface area (Å²) >= 11 is 0. The zero-order chi connectivity index (χ0) is 15.7. The summed E-state index contributed by atoms with van der Waals surface area (Å²) in [7, 11) is 0. The third-order valence-electron chi connectivity index (χ3n) is 4.36. The molecule has 3 rings (SSSR count). The topological polar surface area (TPSA) is 46.9 Å². The maximum Gasteiger partial charge on any atom is 0.230 e. The zero-order valence-electron chi connectivity index (χ0n) is 13.5. The summed E-state index contributed by atoms with van der Waals surface area (Å²) in [6.45, 7) is 6.90. The molecule has 4 heteroatoms. The summed E-state index contributed by atoms with van der Waals surface area (Å²) in [6, 6.07) is 8.41. The molecule has 1 aromatic heterocycles. The highest BCUT2D eigenvalue weighted by molar-refractivity contribution is 5.91. The number of aromatic nitrogens is 2. The van der Waals surface area contributed by atoms with Crippen molar-refractivity contribution in [3.8, 4) is 0 Å². The summed E-state index contributed by atoms with van der Waals surface area (Å²) in [5, 5.41) is 7.35. The van der Waals surface area contributed by atoms with Crippen LogP contribution in [0.1, 0.15) is 36.5 Å². The van der Waals surface area contributed by atoms with Crippen LogP contribution in [0.2, 0.25) is 0 Å². The number of rotatable bonds is 5. The Morgan fingerprint density at radius 2 is 2.00 bits per heavy atom. The molecule has 0 saturated heterocycles. The number of aryl methyl sites for hydroxylation is 2. The molecular weight excluding hydrogens is 274 g/mol. The van der Waals surface area contributed by atoms with E-state index in [2.05, 4.69) is 42.5 Å².